The molecule has 26 heavy (non-hydrogen) atoms. The molecule has 0 heterocycles. The van der Waals surface area contributed by atoms with E-state index in [0.29, 0.717) is 22.8 Å². The van der Waals surface area contributed by atoms with Crippen LogP contribution in [0.1, 0.15) is 56.2 Å². The number of hydrogen-bond acceptors (Lipinski definition) is 3. The van der Waals surface area contributed by atoms with E-state index in [1.807, 2.05) is 18.2 Å². The molecule has 3 heteroatoms. The molecule has 0 radical (unpaired) electrons. The summed E-state index contributed by atoms with van der Waals surface area (Å²) in [5, 5.41) is 22.0. The van der Waals surface area contributed by atoms with Crippen LogP contribution in [-0.4, -0.2) is 16.4 Å². The molecular formula is C23H25NO2. The lowest BCUT2D eigenvalue weighted by Crippen LogP contribution is -1.96. The Bertz CT molecular complexity index is 945. The molecule has 0 saturated carbocycles. The smallest absolute Gasteiger partial charge is 0.135 e. The van der Waals surface area contributed by atoms with Crippen molar-refractivity contribution in [3.8, 4) is 11.5 Å². The summed E-state index contributed by atoms with van der Waals surface area (Å²) in [5.74, 6) is 0.836. The highest BCUT2D eigenvalue weighted by Crippen LogP contribution is 2.37. The van der Waals surface area contributed by atoms with E-state index >= 15 is 0 Å². The van der Waals surface area contributed by atoms with Crippen LogP contribution in [0.4, 0.5) is 5.69 Å². The average molecular weight is 347 g/mol. The molecule has 0 aliphatic heterocycles. The van der Waals surface area contributed by atoms with E-state index in [-0.39, 0.29) is 11.5 Å². The Labute approximate surface area is 154 Å². The summed E-state index contributed by atoms with van der Waals surface area (Å²) in [6.07, 6.45) is 1.69. The van der Waals surface area contributed by atoms with Crippen molar-refractivity contribution in [3.05, 3.63) is 65.2 Å². The Hall–Kier alpha value is -2.81. The number of benzene rings is 3. The topological polar surface area (TPSA) is 52.8 Å². The Morgan fingerprint density at radius 1 is 0.808 bits per heavy atom. The van der Waals surface area contributed by atoms with E-state index < -0.39 is 0 Å². The number of fused-ring (bicyclic) bond motifs is 1. The van der Waals surface area contributed by atoms with Gasteiger partial charge in [-0.05, 0) is 40.5 Å². The second-order valence-electron chi connectivity index (χ2n) is 7.23. The van der Waals surface area contributed by atoms with Crippen LogP contribution in [0.15, 0.2) is 53.5 Å². The summed E-state index contributed by atoms with van der Waals surface area (Å²) in [6.45, 7) is 8.63. The molecule has 3 nitrogen and oxygen atoms in total. The normalized spacial score (nSPS) is 11.9. The Balaban J connectivity index is 2.13. The molecule has 0 saturated heterocycles. The first-order chi connectivity index (χ1) is 12.4. The van der Waals surface area contributed by atoms with Gasteiger partial charge >= 0.3 is 0 Å². The van der Waals surface area contributed by atoms with Crippen molar-refractivity contribution in [2.45, 2.75) is 39.5 Å². The minimum Gasteiger partial charge on any atom is -0.507 e. The van der Waals surface area contributed by atoms with Crippen molar-refractivity contribution in [1.82, 2.24) is 0 Å². The van der Waals surface area contributed by atoms with Gasteiger partial charge in [-0.2, -0.15) is 0 Å². The van der Waals surface area contributed by atoms with Gasteiger partial charge in [-0.1, -0.05) is 64.1 Å². The van der Waals surface area contributed by atoms with E-state index in [0.717, 1.165) is 11.1 Å². The second kappa shape index (κ2) is 7.20. The van der Waals surface area contributed by atoms with Crippen molar-refractivity contribution in [3.63, 3.8) is 0 Å². The number of hydrogen-bond donors (Lipinski definition) is 2. The molecule has 134 valence electrons. The second-order valence-corrected chi connectivity index (χ2v) is 7.23. The summed E-state index contributed by atoms with van der Waals surface area (Å²) in [7, 11) is 0. The van der Waals surface area contributed by atoms with Gasteiger partial charge in [0.05, 0.1) is 11.1 Å². The molecule has 0 amide bonds. The van der Waals surface area contributed by atoms with E-state index in [4.69, 9.17) is 4.99 Å². The van der Waals surface area contributed by atoms with Crippen molar-refractivity contribution in [2.75, 3.05) is 0 Å². The van der Waals surface area contributed by atoms with Gasteiger partial charge in [-0.25, -0.2) is 0 Å². The molecule has 2 N–H and O–H groups in total. The molecule has 3 rings (SSSR count). The molecule has 0 atom stereocenters. The third-order valence-electron chi connectivity index (χ3n) is 4.70. The van der Waals surface area contributed by atoms with E-state index in [2.05, 4.69) is 45.9 Å². The van der Waals surface area contributed by atoms with Gasteiger partial charge in [0.15, 0.2) is 0 Å². The van der Waals surface area contributed by atoms with Gasteiger partial charge in [0, 0.05) is 11.8 Å². The van der Waals surface area contributed by atoms with Gasteiger partial charge in [-0.3, -0.25) is 4.99 Å². The molecule has 0 unspecified atom stereocenters. The lowest BCUT2D eigenvalue weighted by atomic mass is 9.93. The van der Waals surface area contributed by atoms with Gasteiger partial charge in [0.25, 0.3) is 0 Å². The first kappa shape index (κ1) is 18.0. The van der Waals surface area contributed by atoms with Crippen LogP contribution in [0.5, 0.6) is 11.5 Å². The summed E-state index contributed by atoms with van der Waals surface area (Å²) < 4.78 is 0. The fourth-order valence-electron chi connectivity index (χ4n) is 3.26. The fraction of sp³-hybridized carbons (Fsp3) is 0.261. The average Bonchev–Trinajstić information content (AvgIpc) is 2.60. The molecule has 0 spiro atoms. The van der Waals surface area contributed by atoms with Crippen LogP contribution in [0, 0.1) is 0 Å². The van der Waals surface area contributed by atoms with Crippen molar-refractivity contribution in [2.24, 2.45) is 4.99 Å². The highest BCUT2D eigenvalue weighted by atomic mass is 16.3. The minimum absolute atomic E-state index is 0.0532. The van der Waals surface area contributed by atoms with Crippen LogP contribution < -0.4 is 0 Å². The van der Waals surface area contributed by atoms with E-state index in [1.165, 1.54) is 11.1 Å². The lowest BCUT2D eigenvalue weighted by molar-refractivity contribution is 0.463. The third kappa shape index (κ3) is 3.30. The Morgan fingerprint density at radius 3 is 2.04 bits per heavy atom. The summed E-state index contributed by atoms with van der Waals surface area (Å²) in [6, 6.07) is 15.2. The standard InChI is InChI=1S/C23H25NO2/c1-14(2)18-8-6-9-19(15(3)4)22(18)24-13-17-12-11-16-7-5-10-20(25)21(16)23(17)26/h5-15,25-26H,1-4H3. The SMILES string of the molecule is CC(C)c1cccc(C(C)C)c1N=Cc1ccc2cccc(O)c2c1O. The van der Waals surface area contributed by atoms with Crippen LogP contribution in [0.25, 0.3) is 10.8 Å². The van der Waals surface area contributed by atoms with E-state index in [9.17, 15) is 10.2 Å². The predicted molar refractivity (Wildman–Crippen MR) is 109 cm³/mol. The van der Waals surface area contributed by atoms with Crippen LogP contribution in [0.2, 0.25) is 0 Å². The number of para-hydroxylation sites is 1. The lowest BCUT2D eigenvalue weighted by Gasteiger charge is -2.16. The number of aliphatic imine (C=N–C) groups is 1. The molecule has 3 aromatic carbocycles. The number of nitrogens with zero attached hydrogens (tertiary/aromatic N) is 1. The molecular weight excluding hydrogens is 322 g/mol. The molecule has 0 aliphatic carbocycles. The van der Waals surface area contributed by atoms with Crippen LogP contribution in [0.3, 0.4) is 0 Å². The first-order valence-corrected chi connectivity index (χ1v) is 9.00. The monoisotopic (exact) mass is 347 g/mol. The Morgan fingerprint density at radius 2 is 1.42 bits per heavy atom. The number of rotatable bonds is 4. The third-order valence-corrected chi connectivity index (χ3v) is 4.70. The van der Waals surface area contributed by atoms with Crippen molar-refractivity contribution >= 4 is 22.7 Å². The maximum absolute atomic E-state index is 10.6. The van der Waals surface area contributed by atoms with Gasteiger partial charge in [0.1, 0.15) is 11.5 Å². The molecule has 3 aromatic rings. The minimum atomic E-state index is 0.0532. The van der Waals surface area contributed by atoms with Crippen LogP contribution >= 0.6 is 0 Å². The van der Waals surface area contributed by atoms with E-state index in [1.54, 1.807) is 18.3 Å². The highest BCUT2D eigenvalue weighted by Gasteiger charge is 2.13. The van der Waals surface area contributed by atoms with Crippen molar-refractivity contribution < 1.29 is 10.2 Å². The highest BCUT2D eigenvalue weighted by molar-refractivity contribution is 6.00. The fourth-order valence-corrected chi connectivity index (χ4v) is 3.26. The maximum Gasteiger partial charge on any atom is 0.135 e. The maximum atomic E-state index is 10.6. The van der Waals surface area contributed by atoms with Gasteiger partial charge in [-0.15, -0.1) is 0 Å². The summed E-state index contributed by atoms with van der Waals surface area (Å²) >= 11 is 0. The summed E-state index contributed by atoms with van der Waals surface area (Å²) in [4.78, 5) is 4.75. The molecule has 0 aliphatic rings. The largest absolute Gasteiger partial charge is 0.507 e. The zero-order chi connectivity index (χ0) is 18.8. The summed E-state index contributed by atoms with van der Waals surface area (Å²) in [5.41, 5.74) is 3.94. The molecule has 0 aromatic heterocycles. The number of phenolic OH excluding ortho intramolecular Hbond substituents is 2. The van der Waals surface area contributed by atoms with Crippen molar-refractivity contribution in [1.29, 1.82) is 0 Å². The number of aromatic hydroxyl groups is 2. The Kier molecular flexibility index (Phi) is 4.99. The van der Waals surface area contributed by atoms with Gasteiger partial charge in [0.2, 0.25) is 0 Å². The number of phenols is 2. The zero-order valence-electron chi connectivity index (χ0n) is 15.7. The van der Waals surface area contributed by atoms with Gasteiger partial charge < -0.3 is 10.2 Å². The quantitative estimate of drug-likeness (QED) is 0.548. The van der Waals surface area contributed by atoms with Crippen LogP contribution in [-0.2, 0) is 0 Å². The molecule has 0 bridgehead atoms. The predicted octanol–water partition coefficient (Wildman–Crippen LogP) is 6.25. The molecule has 0 fully saturated rings. The zero-order valence-corrected chi connectivity index (χ0v) is 15.7. The first-order valence-electron chi connectivity index (χ1n) is 9.00.